The highest BCUT2D eigenvalue weighted by atomic mass is 35.5. The largest absolute Gasteiger partial charge is 0.489 e. The number of nitrogens with zero attached hydrogens (tertiary/aromatic N) is 6. The minimum atomic E-state index is -0.822. The van der Waals surface area contributed by atoms with Crippen molar-refractivity contribution in [3.05, 3.63) is 106 Å². The van der Waals surface area contributed by atoms with Crippen LogP contribution in [0.25, 0.3) is 67.5 Å². The van der Waals surface area contributed by atoms with Crippen molar-refractivity contribution in [2.45, 2.75) is 79.1 Å². The molecule has 14 nitrogen and oxygen atoms in total. The summed E-state index contributed by atoms with van der Waals surface area (Å²) in [5.74, 6) is 1.19. The molecule has 0 atom stereocenters. The fourth-order valence-electron chi connectivity index (χ4n) is 7.31. The number of carbonyl (C=O) groups is 2. The lowest BCUT2D eigenvalue weighted by atomic mass is 10.0. The maximum Gasteiger partial charge on any atom is 0.303 e. The topological polar surface area (TPSA) is 181 Å². The summed E-state index contributed by atoms with van der Waals surface area (Å²) >= 11 is 12.7. The number of halogens is 2. The monoisotopic (exact) mass is 892 g/mol. The van der Waals surface area contributed by atoms with E-state index in [0.717, 1.165) is 50.6 Å². The third-order valence-electron chi connectivity index (χ3n) is 10.1. The van der Waals surface area contributed by atoms with Crippen LogP contribution in [-0.4, -0.2) is 63.8 Å². The van der Waals surface area contributed by atoms with Gasteiger partial charge in [0.1, 0.15) is 11.5 Å². The number of hydrogen-bond acceptors (Lipinski definition) is 10. The first-order valence-corrected chi connectivity index (χ1v) is 21.2. The Balaban J connectivity index is 0.000000189. The van der Waals surface area contributed by atoms with Crippen LogP contribution in [0.1, 0.15) is 58.6 Å². The maximum absolute atomic E-state index is 11.1. The zero-order valence-corrected chi connectivity index (χ0v) is 37.1. The van der Waals surface area contributed by atoms with Crippen molar-refractivity contribution in [2.24, 2.45) is 7.05 Å². The fourth-order valence-corrected chi connectivity index (χ4v) is 7.76. The lowest BCUT2D eigenvalue weighted by molar-refractivity contribution is -0.138. The van der Waals surface area contributed by atoms with Gasteiger partial charge >= 0.3 is 11.9 Å². The third-order valence-corrected chi connectivity index (χ3v) is 10.7. The Morgan fingerprint density at radius 2 is 1.13 bits per heavy atom. The van der Waals surface area contributed by atoms with E-state index in [1.54, 1.807) is 24.3 Å². The average molecular weight is 894 g/mol. The number of carboxylic acid groups (broad SMARTS) is 2. The van der Waals surface area contributed by atoms with Crippen molar-refractivity contribution in [3.63, 3.8) is 0 Å². The average Bonchev–Trinajstić information content (AvgIpc) is 4.08. The molecule has 16 heteroatoms. The van der Waals surface area contributed by atoms with E-state index >= 15 is 0 Å². The Kier molecular flexibility index (Phi) is 13.5. The summed E-state index contributed by atoms with van der Waals surface area (Å²) in [6, 6.07) is 22.4. The smallest absolute Gasteiger partial charge is 0.303 e. The van der Waals surface area contributed by atoms with Crippen molar-refractivity contribution >= 4 is 56.9 Å². The van der Waals surface area contributed by atoms with Crippen LogP contribution in [0.4, 0.5) is 0 Å². The standard InChI is InChI=1S/C24H24ClN3O4.C23H22ClN3O4/c1-4-28-12-11-17-18(8-5-15(22(17)28)7-10-21(29)30)23-26-24(32-27-23)16-6-9-20(19(25)13-16)31-14(2)3;1-13(2)30-19-8-5-15(12-18(19)24)23-25-22(26-31-23)17-7-4-14(6-9-20(28)29)21-16(17)10-11-27(21)3/h5-6,8-9,11-14H,4,7,10H2,1-3H3,(H,29,30);4-5,7-8,10-13H,6,9H2,1-3H3,(H,28,29). The lowest BCUT2D eigenvalue weighted by Gasteiger charge is -2.11. The van der Waals surface area contributed by atoms with Crippen molar-refractivity contribution in [2.75, 3.05) is 0 Å². The number of benzene rings is 4. The van der Waals surface area contributed by atoms with E-state index in [2.05, 4.69) is 31.8 Å². The third kappa shape index (κ3) is 10.0. The van der Waals surface area contributed by atoms with Gasteiger partial charge in [0.05, 0.1) is 33.3 Å². The van der Waals surface area contributed by atoms with Crippen molar-refractivity contribution in [1.29, 1.82) is 0 Å². The predicted molar refractivity (Wildman–Crippen MR) is 241 cm³/mol. The summed E-state index contributed by atoms with van der Waals surface area (Å²) in [5, 5.41) is 29.3. The molecule has 63 heavy (non-hydrogen) atoms. The second-order valence-corrected chi connectivity index (χ2v) is 16.2. The van der Waals surface area contributed by atoms with Crippen LogP contribution in [-0.2, 0) is 36.0 Å². The van der Waals surface area contributed by atoms with Gasteiger partial charge in [-0.15, -0.1) is 0 Å². The Labute approximate surface area is 373 Å². The van der Waals surface area contributed by atoms with Gasteiger partial charge in [-0.05, 0) is 107 Å². The molecule has 0 aliphatic heterocycles. The number of rotatable bonds is 15. The fraction of sp³-hybridized carbons (Fsp3) is 0.277. The number of aliphatic carboxylic acids is 2. The molecule has 0 amide bonds. The Morgan fingerprint density at radius 1 is 0.667 bits per heavy atom. The molecule has 326 valence electrons. The minimum Gasteiger partial charge on any atom is -0.489 e. The second kappa shape index (κ2) is 19.2. The van der Waals surface area contributed by atoms with Gasteiger partial charge in [-0.25, -0.2) is 0 Å². The predicted octanol–water partition coefficient (Wildman–Crippen LogP) is 11.2. The van der Waals surface area contributed by atoms with E-state index < -0.39 is 11.9 Å². The van der Waals surface area contributed by atoms with Crippen LogP contribution < -0.4 is 9.47 Å². The molecule has 0 aliphatic carbocycles. The first-order chi connectivity index (χ1) is 30.2. The molecule has 8 rings (SSSR count). The van der Waals surface area contributed by atoms with Gasteiger partial charge in [-0.2, -0.15) is 9.97 Å². The summed E-state index contributed by atoms with van der Waals surface area (Å²) in [4.78, 5) is 31.2. The van der Waals surface area contributed by atoms with Crippen LogP contribution in [0.2, 0.25) is 10.0 Å². The Hall–Kier alpha value is -6.64. The second-order valence-electron chi connectivity index (χ2n) is 15.4. The van der Waals surface area contributed by atoms with Crippen LogP contribution >= 0.6 is 23.2 Å². The van der Waals surface area contributed by atoms with Crippen LogP contribution in [0.3, 0.4) is 0 Å². The maximum atomic E-state index is 11.1. The van der Waals surface area contributed by atoms with E-state index in [0.29, 0.717) is 68.9 Å². The Bertz CT molecular complexity index is 2930. The van der Waals surface area contributed by atoms with E-state index in [1.165, 1.54) is 0 Å². The molecule has 4 heterocycles. The van der Waals surface area contributed by atoms with Crippen molar-refractivity contribution < 1.29 is 38.3 Å². The minimum absolute atomic E-state index is 0.0182. The van der Waals surface area contributed by atoms with Crippen LogP contribution in [0.5, 0.6) is 11.5 Å². The quantitative estimate of drug-likeness (QED) is 0.0995. The molecule has 0 saturated carbocycles. The number of aryl methyl sites for hydroxylation is 4. The summed E-state index contributed by atoms with van der Waals surface area (Å²) in [6.07, 6.45) is 5.02. The Morgan fingerprint density at radius 3 is 1.57 bits per heavy atom. The van der Waals surface area contributed by atoms with E-state index in [9.17, 15) is 9.59 Å². The number of fused-ring (bicyclic) bond motifs is 2. The van der Waals surface area contributed by atoms with E-state index in [-0.39, 0.29) is 25.0 Å². The highest BCUT2D eigenvalue weighted by Gasteiger charge is 2.20. The van der Waals surface area contributed by atoms with Crippen LogP contribution in [0, 0.1) is 0 Å². The van der Waals surface area contributed by atoms with Crippen LogP contribution in [0.15, 0.2) is 94.2 Å². The summed E-state index contributed by atoms with van der Waals surface area (Å²) in [5.41, 5.74) is 6.94. The number of ether oxygens (including phenoxy) is 2. The molecule has 8 aromatic rings. The summed E-state index contributed by atoms with van der Waals surface area (Å²) in [6.45, 7) is 10.6. The molecule has 2 N–H and O–H groups in total. The zero-order valence-electron chi connectivity index (χ0n) is 35.6. The first-order valence-electron chi connectivity index (χ1n) is 20.4. The van der Waals surface area contributed by atoms with E-state index in [1.807, 2.05) is 100 Å². The zero-order chi connectivity index (χ0) is 44.9. The molecule has 4 aromatic heterocycles. The number of hydrogen-bond donors (Lipinski definition) is 2. The lowest BCUT2D eigenvalue weighted by Crippen LogP contribution is -2.05. The summed E-state index contributed by atoms with van der Waals surface area (Å²) < 4.78 is 26.5. The molecule has 0 bridgehead atoms. The molecule has 0 fully saturated rings. The highest BCUT2D eigenvalue weighted by molar-refractivity contribution is 6.32. The molecule has 0 aliphatic rings. The molecule has 0 radical (unpaired) electrons. The van der Waals surface area contributed by atoms with Gasteiger partial charge in [0.2, 0.25) is 11.6 Å². The summed E-state index contributed by atoms with van der Waals surface area (Å²) in [7, 11) is 1.93. The molecule has 4 aromatic carbocycles. The van der Waals surface area contributed by atoms with Crippen molar-refractivity contribution in [3.8, 4) is 57.2 Å². The molecular formula is C47H46Cl2N6O8. The number of aromatic nitrogens is 6. The highest BCUT2D eigenvalue weighted by Crippen LogP contribution is 2.36. The van der Waals surface area contributed by atoms with Gasteiger partial charge in [0.25, 0.3) is 11.8 Å². The van der Waals surface area contributed by atoms with Gasteiger partial charge in [-0.3, -0.25) is 9.59 Å². The van der Waals surface area contributed by atoms with Gasteiger partial charge in [0.15, 0.2) is 0 Å². The van der Waals surface area contributed by atoms with Crippen molar-refractivity contribution in [1.82, 2.24) is 29.4 Å². The number of carboxylic acids is 2. The molecular weight excluding hydrogens is 847 g/mol. The normalized spacial score (nSPS) is 11.4. The van der Waals surface area contributed by atoms with Gasteiger partial charge < -0.3 is 37.9 Å². The van der Waals surface area contributed by atoms with E-state index in [4.69, 9.17) is 51.9 Å². The molecule has 0 unspecified atom stereocenters. The SMILES string of the molecule is CC(C)Oc1ccc(-c2nc(-c3ccc(CCC(=O)O)c4c3ccn4C)no2)cc1Cl.CCn1ccc2c(-c3noc(-c4ccc(OC(C)C)c(Cl)c4)n3)ccc(CCC(=O)O)c21. The van der Waals surface area contributed by atoms with Gasteiger partial charge in [0, 0.05) is 71.9 Å². The first kappa shape index (κ1) is 44.4. The molecule has 0 spiro atoms. The molecule has 0 saturated heterocycles. The van der Waals surface area contributed by atoms with Gasteiger partial charge in [-0.1, -0.05) is 57.8 Å².